The number of hydrogen-bond donors (Lipinski definition) is 3. The van der Waals surface area contributed by atoms with Gasteiger partial charge in [-0.2, -0.15) is 5.10 Å². The number of carboxylic acid groups (broad SMARTS) is 1. The third kappa shape index (κ3) is 5.69. The molecule has 0 saturated heterocycles. The fraction of sp³-hybridized carbons (Fsp3) is 0.250. The first-order valence-corrected chi connectivity index (χ1v) is 6.62. The van der Waals surface area contributed by atoms with Crippen LogP contribution in [0.1, 0.15) is 12.5 Å². The normalized spacial score (nSPS) is 10.4. The Morgan fingerprint density at radius 1 is 1.48 bits per heavy atom. The molecule has 4 N–H and O–H groups in total. The van der Waals surface area contributed by atoms with Crippen molar-refractivity contribution in [3.63, 3.8) is 0 Å². The van der Waals surface area contributed by atoms with E-state index in [9.17, 15) is 9.59 Å². The molecular weight excluding hydrogens is 346 g/mol. The van der Waals surface area contributed by atoms with Crippen LogP contribution < -0.4 is 20.6 Å². The SMILES string of the molecule is CCOc1cc(C=NNC(N)=O)cc(Br)c1OCC(=O)O. The van der Waals surface area contributed by atoms with Gasteiger partial charge in [0.05, 0.1) is 17.3 Å². The Morgan fingerprint density at radius 2 is 2.19 bits per heavy atom. The lowest BCUT2D eigenvalue weighted by atomic mass is 10.2. The predicted octanol–water partition coefficient (Wildman–Crippen LogP) is 1.31. The second-order valence-corrected chi connectivity index (χ2v) is 4.53. The number of nitrogens with two attached hydrogens (primary N) is 1. The van der Waals surface area contributed by atoms with Crippen molar-refractivity contribution in [3.05, 3.63) is 22.2 Å². The van der Waals surface area contributed by atoms with Crippen LogP contribution in [0.3, 0.4) is 0 Å². The number of nitrogens with one attached hydrogen (secondary N) is 1. The Morgan fingerprint density at radius 3 is 2.76 bits per heavy atom. The molecule has 0 aliphatic carbocycles. The molecule has 0 aliphatic rings. The molecule has 0 aromatic heterocycles. The van der Waals surface area contributed by atoms with Crippen molar-refractivity contribution in [1.82, 2.24) is 5.43 Å². The molecule has 1 rings (SSSR count). The van der Waals surface area contributed by atoms with Crippen molar-refractivity contribution in [2.45, 2.75) is 6.92 Å². The maximum absolute atomic E-state index is 10.6. The second-order valence-electron chi connectivity index (χ2n) is 3.68. The number of carbonyl (C=O) groups excluding carboxylic acids is 1. The lowest BCUT2D eigenvalue weighted by molar-refractivity contribution is -0.139. The molecule has 0 radical (unpaired) electrons. The number of hydrogen-bond acceptors (Lipinski definition) is 5. The van der Waals surface area contributed by atoms with Crippen LogP contribution in [0.5, 0.6) is 11.5 Å². The molecule has 0 heterocycles. The minimum Gasteiger partial charge on any atom is -0.490 e. The fourth-order valence-electron chi connectivity index (χ4n) is 1.37. The smallest absolute Gasteiger partial charge is 0.341 e. The second kappa shape index (κ2) is 8.10. The Hall–Kier alpha value is -2.29. The summed E-state index contributed by atoms with van der Waals surface area (Å²) in [6, 6.07) is 2.44. The summed E-state index contributed by atoms with van der Waals surface area (Å²) in [6.45, 7) is 1.66. The number of hydrazone groups is 1. The van der Waals surface area contributed by atoms with E-state index in [0.29, 0.717) is 22.4 Å². The first-order chi connectivity index (χ1) is 9.93. The van der Waals surface area contributed by atoms with E-state index in [1.165, 1.54) is 6.21 Å². The van der Waals surface area contributed by atoms with Crippen molar-refractivity contribution >= 4 is 34.1 Å². The highest BCUT2D eigenvalue weighted by Gasteiger charge is 2.13. The van der Waals surface area contributed by atoms with Crippen molar-refractivity contribution in [2.75, 3.05) is 13.2 Å². The van der Waals surface area contributed by atoms with Gasteiger partial charge in [0.1, 0.15) is 0 Å². The summed E-state index contributed by atoms with van der Waals surface area (Å²) in [4.78, 5) is 21.1. The largest absolute Gasteiger partial charge is 0.490 e. The lowest BCUT2D eigenvalue weighted by Gasteiger charge is -2.13. The Kier molecular flexibility index (Phi) is 6.47. The maximum Gasteiger partial charge on any atom is 0.341 e. The number of rotatable bonds is 7. The highest BCUT2D eigenvalue weighted by Crippen LogP contribution is 2.36. The third-order valence-corrected chi connectivity index (χ3v) is 2.65. The van der Waals surface area contributed by atoms with E-state index < -0.39 is 18.6 Å². The molecule has 0 fully saturated rings. The number of benzene rings is 1. The molecule has 0 spiro atoms. The van der Waals surface area contributed by atoms with Crippen molar-refractivity contribution in [2.24, 2.45) is 10.8 Å². The van der Waals surface area contributed by atoms with Gasteiger partial charge >= 0.3 is 12.0 Å². The topological polar surface area (TPSA) is 123 Å². The monoisotopic (exact) mass is 359 g/mol. The van der Waals surface area contributed by atoms with E-state index >= 15 is 0 Å². The highest BCUT2D eigenvalue weighted by atomic mass is 79.9. The van der Waals surface area contributed by atoms with E-state index in [1.54, 1.807) is 19.1 Å². The van der Waals surface area contributed by atoms with E-state index in [-0.39, 0.29) is 5.75 Å². The number of aliphatic carboxylic acids is 1. The molecule has 114 valence electrons. The molecule has 1 aromatic carbocycles. The van der Waals surface area contributed by atoms with E-state index in [2.05, 4.69) is 26.5 Å². The molecular formula is C12H14BrN3O5. The average molecular weight is 360 g/mol. The van der Waals surface area contributed by atoms with Crippen molar-refractivity contribution in [3.8, 4) is 11.5 Å². The van der Waals surface area contributed by atoms with Crippen LogP contribution in [0.25, 0.3) is 0 Å². The van der Waals surface area contributed by atoms with Crippen LogP contribution in [0.2, 0.25) is 0 Å². The zero-order chi connectivity index (χ0) is 15.8. The van der Waals surface area contributed by atoms with Gasteiger partial charge in [-0.15, -0.1) is 0 Å². The molecule has 9 heteroatoms. The quantitative estimate of drug-likeness (QED) is 0.500. The molecule has 8 nitrogen and oxygen atoms in total. The van der Waals surface area contributed by atoms with Gasteiger partial charge in [0, 0.05) is 0 Å². The highest BCUT2D eigenvalue weighted by molar-refractivity contribution is 9.10. The van der Waals surface area contributed by atoms with Gasteiger partial charge in [-0.05, 0) is 40.5 Å². The van der Waals surface area contributed by atoms with Gasteiger partial charge in [0.15, 0.2) is 18.1 Å². The number of primary amides is 1. The molecule has 0 bridgehead atoms. The summed E-state index contributed by atoms with van der Waals surface area (Å²) in [7, 11) is 0. The number of ether oxygens (including phenoxy) is 2. The molecule has 0 unspecified atom stereocenters. The Bertz CT molecular complexity index is 562. The molecule has 0 atom stereocenters. The molecule has 2 amide bonds. The summed E-state index contributed by atoms with van der Waals surface area (Å²) in [5.74, 6) is -0.464. The van der Waals surface area contributed by atoms with Crippen molar-refractivity contribution in [1.29, 1.82) is 0 Å². The molecule has 21 heavy (non-hydrogen) atoms. The molecule has 1 aromatic rings. The summed E-state index contributed by atoms with van der Waals surface area (Å²) < 4.78 is 11.1. The fourth-order valence-corrected chi connectivity index (χ4v) is 1.94. The van der Waals surface area contributed by atoms with Gasteiger partial charge in [0.25, 0.3) is 0 Å². The zero-order valence-corrected chi connectivity index (χ0v) is 12.7. The van der Waals surface area contributed by atoms with E-state index in [1.807, 2.05) is 0 Å². The van der Waals surface area contributed by atoms with Gasteiger partial charge in [-0.1, -0.05) is 0 Å². The minimum absolute atomic E-state index is 0.277. The summed E-state index contributed by atoms with van der Waals surface area (Å²) in [5, 5.41) is 12.3. The minimum atomic E-state index is -1.10. The average Bonchev–Trinajstić information content (AvgIpc) is 2.37. The third-order valence-electron chi connectivity index (χ3n) is 2.06. The zero-order valence-electron chi connectivity index (χ0n) is 11.1. The van der Waals surface area contributed by atoms with Crippen LogP contribution in [-0.2, 0) is 4.79 Å². The molecule has 0 aliphatic heterocycles. The van der Waals surface area contributed by atoms with E-state index in [0.717, 1.165) is 0 Å². The summed E-state index contributed by atoms with van der Waals surface area (Å²) >= 11 is 3.27. The number of halogens is 1. The van der Waals surface area contributed by atoms with Crippen LogP contribution in [0.15, 0.2) is 21.7 Å². The summed E-state index contributed by atoms with van der Waals surface area (Å²) in [6.07, 6.45) is 1.36. The van der Waals surface area contributed by atoms with Crippen LogP contribution in [0.4, 0.5) is 4.79 Å². The van der Waals surface area contributed by atoms with E-state index in [4.69, 9.17) is 20.3 Å². The summed E-state index contributed by atoms with van der Waals surface area (Å²) in [5.41, 5.74) is 7.54. The van der Waals surface area contributed by atoms with Gasteiger partial charge in [-0.3, -0.25) is 0 Å². The molecule has 0 saturated carbocycles. The van der Waals surface area contributed by atoms with Crippen LogP contribution in [-0.4, -0.2) is 36.5 Å². The van der Waals surface area contributed by atoms with Crippen molar-refractivity contribution < 1.29 is 24.2 Å². The number of amides is 2. The first kappa shape index (κ1) is 16.8. The maximum atomic E-state index is 10.6. The number of carboxylic acids is 1. The Labute approximate surface area is 129 Å². The van der Waals surface area contributed by atoms with Gasteiger partial charge < -0.3 is 20.3 Å². The standard InChI is InChI=1S/C12H14BrN3O5/c1-2-20-9-4-7(5-15-16-12(14)19)3-8(13)11(9)21-6-10(17)18/h3-5H,2,6H2,1H3,(H,17,18)(H3,14,16,19). The predicted molar refractivity (Wildman–Crippen MR) is 78.8 cm³/mol. The number of urea groups is 1. The van der Waals surface area contributed by atoms with Crippen LogP contribution in [0, 0.1) is 0 Å². The lowest BCUT2D eigenvalue weighted by Crippen LogP contribution is -2.24. The number of carbonyl (C=O) groups is 2. The van der Waals surface area contributed by atoms with Gasteiger partial charge in [-0.25, -0.2) is 15.0 Å². The van der Waals surface area contributed by atoms with Gasteiger partial charge in [0.2, 0.25) is 0 Å². The number of nitrogens with zero attached hydrogens (tertiary/aromatic N) is 1. The van der Waals surface area contributed by atoms with Crippen LogP contribution >= 0.6 is 15.9 Å². The first-order valence-electron chi connectivity index (χ1n) is 5.83. The Balaban J connectivity index is 3.02.